The molecule has 0 aromatic heterocycles. The molecule has 1 aliphatic carbocycles. The topological polar surface area (TPSA) is 44.8 Å². The molecule has 2 aromatic carbocycles. The molecule has 21 heavy (non-hydrogen) atoms. The molecule has 0 heterocycles. The summed E-state index contributed by atoms with van der Waals surface area (Å²) < 4.78 is 29.5. The lowest BCUT2D eigenvalue weighted by Crippen LogP contribution is -2.22. The Morgan fingerprint density at radius 1 is 0.810 bits per heavy atom. The van der Waals surface area contributed by atoms with Crippen LogP contribution < -0.4 is 9.05 Å². The smallest absolute Gasteiger partial charge is 0.395 e. The Hall–Kier alpha value is -1.77. The van der Waals surface area contributed by atoms with Gasteiger partial charge in [0.25, 0.3) is 0 Å². The van der Waals surface area contributed by atoms with Crippen LogP contribution in [-0.2, 0) is 9.09 Å². The normalized spacial score (nSPS) is 15.2. The van der Waals surface area contributed by atoms with Crippen molar-refractivity contribution in [2.75, 3.05) is 0 Å². The van der Waals surface area contributed by atoms with Gasteiger partial charge in [0.1, 0.15) is 11.5 Å². The van der Waals surface area contributed by atoms with Crippen LogP contribution in [0.2, 0.25) is 0 Å². The number of benzene rings is 2. The zero-order valence-electron chi connectivity index (χ0n) is 11.6. The van der Waals surface area contributed by atoms with Gasteiger partial charge in [0.05, 0.1) is 6.10 Å². The summed E-state index contributed by atoms with van der Waals surface area (Å²) in [6, 6.07) is 17.9. The maximum Gasteiger partial charge on any atom is 0.587 e. The molecule has 0 saturated heterocycles. The molecule has 0 unspecified atom stereocenters. The van der Waals surface area contributed by atoms with Crippen molar-refractivity contribution < 1.29 is 18.1 Å². The van der Waals surface area contributed by atoms with Gasteiger partial charge in [-0.15, -0.1) is 0 Å². The largest absolute Gasteiger partial charge is 0.587 e. The van der Waals surface area contributed by atoms with E-state index < -0.39 is 7.82 Å². The molecule has 5 heteroatoms. The SMILES string of the molecule is O=P(Oc1ccccc1)(Oc1ccccc1)OC1CCC1. The Kier molecular flexibility index (Phi) is 4.28. The van der Waals surface area contributed by atoms with E-state index in [0.29, 0.717) is 11.5 Å². The molecule has 0 aliphatic heterocycles. The Balaban J connectivity index is 1.78. The number of hydrogen-bond donors (Lipinski definition) is 0. The minimum atomic E-state index is -3.68. The first-order valence-electron chi connectivity index (χ1n) is 7.01. The highest BCUT2D eigenvalue weighted by Gasteiger charge is 2.36. The summed E-state index contributed by atoms with van der Waals surface area (Å²) in [6.45, 7) is 0. The summed E-state index contributed by atoms with van der Waals surface area (Å²) in [5, 5.41) is 0. The Morgan fingerprint density at radius 2 is 1.29 bits per heavy atom. The monoisotopic (exact) mass is 304 g/mol. The van der Waals surface area contributed by atoms with Crippen LogP contribution in [-0.4, -0.2) is 6.10 Å². The second-order valence-corrected chi connectivity index (χ2v) is 6.38. The summed E-state index contributed by atoms with van der Waals surface area (Å²) >= 11 is 0. The molecule has 3 rings (SSSR count). The highest BCUT2D eigenvalue weighted by atomic mass is 31.2. The molecule has 0 spiro atoms. The van der Waals surface area contributed by atoms with Crippen LogP contribution in [0.15, 0.2) is 60.7 Å². The minimum Gasteiger partial charge on any atom is -0.395 e. The molecule has 0 amide bonds. The third-order valence-corrected chi connectivity index (χ3v) is 4.68. The number of para-hydroxylation sites is 2. The molecule has 0 N–H and O–H groups in total. The van der Waals surface area contributed by atoms with Crippen molar-refractivity contribution in [3.63, 3.8) is 0 Å². The van der Waals surface area contributed by atoms with Crippen molar-refractivity contribution in [1.82, 2.24) is 0 Å². The van der Waals surface area contributed by atoms with E-state index in [1.54, 1.807) is 24.3 Å². The number of phosphoric ester groups is 1. The second-order valence-electron chi connectivity index (χ2n) is 4.91. The van der Waals surface area contributed by atoms with Gasteiger partial charge in [0.2, 0.25) is 0 Å². The Morgan fingerprint density at radius 3 is 1.67 bits per heavy atom. The van der Waals surface area contributed by atoms with E-state index in [1.165, 1.54) is 0 Å². The van der Waals surface area contributed by atoms with E-state index in [-0.39, 0.29) is 6.10 Å². The Labute approximate surface area is 124 Å². The molecular weight excluding hydrogens is 287 g/mol. The van der Waals surface area contributed by atoms with Crippen LogP contribution in [0.4, 0.5) is 0 Å². The van der Waals surface area contributed by atoms with Crippen LogP contribution in [0.1, 0.15) is 19.3 Å². The first-order chi connectivity index (χ1) is 10.2. The third kappa shape index (κ3) is 3.87. The Bertz CT molecular complexity index is 565. The highest BCUT2D eigenvalue weighted by Crippen LogP contribution is 2.52. The summed E-state index contributed by atoms with van der Waals surface area (Å²) in [5.41, 5.74) is 0. The van der Waals surface area contributed by atoms with Gasteiger partial charge < -0.3 is 9.05 Å². The van der Waals surface area contributed by atoms with Gasteiger partial charge in [-0.1, -0.05) is 36.4 Å². The third-order valence-electron chi connectivity index (χ3n) is 3.25. The van der Waals surface area contributed by atoms with Crippen molar-refractivity contribution in [3.05, 3.63) is 60.7 Å². The van der Waals surface area contributed by atoms with Gasteiger partial charge in [-0.25, -0.2) is 4.57 Å². The fourth-order valence-corrected chi connectivity index (χ4v) is 3.40. The maximum absolute atomic E-state index is 12.9. The molecule has 4 nitrogen and oxygen atoms in total. The van der Waals surface area contributed by atoms with Crippen LogP contribution in [0.5, 0.6) is 11.5 Å². The fraction of sp³-hybridized carbons (Fsp3) is 0.250. The van der Waals surface area contributed by atoms with Crippen LogP contribution in [0, 0.1) is 0 Å². The van der Waals surface area contributed by atoms with E-state index in [0.717, 1.165) is 19.3 Å². The van der Waals surface area contributed by atoms with E-state index in [1.807, 2.05) is 36.4 Å². The molecule has 1 aliphatic rings. The lowest BCUT2D eigenvalue weighted by atomic mass is 9.97. The van der Waals surface area contributed by atoms with Crippen molar-refractivity contribution in [3.8, 4) is 11.5 Å². The van der Waals surface area contributed by atoms with Gasteiger partial charge in [-0.3, -0.25) is 4.52 Å². The highest BCUT2D eigenvalue weighted by molar-refractivity contribution is 7.49. The second kappa shape index (κ2) is 6.33. The minimum absolute atomic E-state index is 0.0525. The molecule has 0 bridgehead atoms. The van der Waals surface area contributed by atoms with Gasteiger partial charge in [0, 0.05) is 0 Å². The first kappa shape index (κ1) is 14.2. The average Bonchev–Trinajstić information content (AvgIpc) is 2.45. The molecule has 1 fully saturated rings. The predicted octanol–water partition coefficient (Wildman–Crippen LogP) is 4.82. The van der Waals surface area contributed by atoms with E-state index in [2.05, 4.69) is 0 Å². The maximum atomic E-state index is 12.9. The van der Waals surface area contributed by atoms with Gasteiger partial charge >= 0.3 is 7.82 Å². The lowest BCUT2D eigenvalue weighted by molar-refractivity contribution is 0.0842. The van der Waals surface area contributed by atoms with Gasteiger partial charge in [0.15, 0.2) is 0 Å². The fourth-order valence-electron chi connectivity index (χ4n) is 1.94. The van der Waals surface area contributed by atoms with Crippen LogP contribution in [0.25, 0.3) is 0 Å². The van der Waals surface area contributed by atoms with E-state index in [4.69, 9.17) is 13.6 Å². The zero-order chi connectivity index (χ0) is 14.5. The summed E-state index contributed by atoms with van der Waals surface area (Å²) in [6.07, 6.45) is 2.81. The number of hydrogen-bond acceptors (Lipinski definition) is 4. The van der Waals surface area contributed by atoms with Crippen LogP contribution >= 0.6 is 7.82 Å². The zero-order valence-corrected chi connectivity index (χ0v) is 12.4. The molecule has 0 atom stereocenters. The number of phosphoric acid groups is 1. The summed E-state index contributed by atoms with van der Waals surface area (Å²) in [4.78, 5) is 0. The molecule has 1 saturated carbocycles. The van der Waals surface area contributed by atoms with E-state index in [9.17, 15) is 4.57 Å². The van der Waals surface area contributed by atoms with Gasteiger partial charge in [-0.2, -0.15) is 0 Å². The first-order valence-corrected chi connectivity index (χ1v) is 8.47. The molecule has 0 radical (unpaired) electrons. The summed E-state index contributed by atoms with van der Waals surface area (Å²) in [7, 11) is -3.68. The molecule has 2 aromatic rings. The van der Waals surface area contributed by atoms with Crippen molar-refractivity contribution in [1.29, 1.82) is 0 Å². The lowest BCUT2D eigenvalue weighted by Gasteiger charge is -2.29. The van der Waals surface area contributed by atoms with Crippen LogP contribution in [0.3, 0.4) is 0 Å². The average molecular weight is 304 g/mol. The van der Waals surface area contributed by atoms with E-state index >= 15 is 0 Å². The molecular formula is C16H17O4P. The van der Waals surface area contributed by atoms with Crippen molar-refractivity contribution >= 4 is 7.82 Å². The standard InChI is InChI=1S/C16H17O4P/c17-21(20-16-12-7-13-16,18-14-8-3-1-4-9-14)19-15-10-5-2-6-11-15/h1-6,8-11,16H,7,12-13H2. The quantitative estimate of drug-likeness (QED) is 0.718. The summed E-state index contributed by atoms with van der Waals surface area (Å²) in [5.74, 6) is 0.937. The van der Waals surface area contributed by atoms with Crippen molar-refractivity contribution in [2.45, 2.75) is 25.4 Å². The molecule has 110 valence electrons. The van der Waals surface area contributed by atoms with Crippen molar-refractivity contribution in [2.24, 2.45) is 0 Å². The van der Waals surface area contributed by atoms with Gasteiger partial charge in [-0.05, 0) is 43.5 Å². The number of rotatable bonds is 6. The predicted molar refractivity (Wildman–Crippen MR) is 80.5 cm³/mol.